The lowest BCUT2D eigenvalue weighted by molar-refractivity contribution is -0.169. The van der Waals surface area contributed by atoms with Crippen molar-refractivity contribution in [2.45, 2.75) is 117 Å². The minimum Gasteiger partial charge on any atom is -0.444 e. The van der Waals surface area contributed by atoms with Crippen LogP contribution in [-0.4, -0.2) is 119 Å². The summed E-state index contributed by atoms with van der Waals surface area (Å²) >= 11 is 0. The first-order valence-electron chi connectivity index (χ1n) is 20.0. The first-order chi connectivity index (χ1) is 27.5. The average molecular weight is 808 g/mol. The maximum Gasteiger partial charge on any atom is 0.405 e. The summed E-state index contributed by atoms with van der Waals surface area (Å²) in [5.74, 6) is -3.92. The fourth-order valence-electron chi connectivity index (χ4n) is 6.69. The molecule has 58 heavy (non-hydrogen) atoms. The van der Waals surface area contributed by atoms with Crippen molar-refractivity contribution in [1.29, 1.82) is 0 Å². The van der Waals surface area contributed by atoms with E-state index in [2.05, 4.69) is 4.74 Å². The van der Waals surface area contributed by atoms with Crippen molar-refractivity contribution in [2.75, 3.05) is 39.6 Å². The number of esters is 2. The van der Waals surface area contributed by atoms with Crippen molar-refractivity contribution < 1.29 is 47.8 Å². The molecule has 4 unspecified atom stereocenters. The Morgan fingerprint density at radius 2 is 0.948 bits per heavy atom. The highest BCUT2D eigenvalue weighted by Crippen LogP contribution is 2.26. The third-order valence-corrected chi connectivity index (χ3v) is 10.2. The van der Waals surface area contributed by atoms with Gasteiger partial charge >= 0.3 is 18.0 Å². The van der Waals surface area contributed by atoms with Crippen LogP contribution in [0.25, 0.3) is 0 Å². The molecule has 0 radical (unpaired) electrons. The van der Waals surface area contributed by atoms with Crippen molar-refractivity contribution >= 4 is 41.7 Å². The summed E-state index contributed by atoms with van der Waals surface area (Å²) in [6.45, 7) is 11.8. The van der Waals surface area contributed by atoms with Crippen LogP contribution < -0.4 is 5.73 Å². The highest BCUT2D eigenvalue weighted by molar-refractivity contribution is 6.00. The molecular formula is C43H61N5O10. The van der Waals surface area contributed by atoms with E-state index in [1.54, 1.807) is 30.6 Å². The number of nitrogens with two attached hydrogens (primary N) is 1. The van der Waals surface area contributed by atoms with Crippen LogP contribution in [0.3, 0.4) is 0 Å². The molecule has 318 valence electrons. The second-order valence-corrected chi connectivity index (χ2v) is 15.7. The first kappa shape index (κ1) is 47.2. The standard InChI is InChI=1S/C38H50N4O8.C5H11NO2/c1-5-7-19-31(29-15-11-9-12-16-29)37(47)49-25-41-33(43)21-39(22-34(41)44)27(3)28(4)40-23-35(45)42(36(46)24-40)26-50-38(48)32(20-8-6-2)30-17-13-10-14-18-30;1-5(2,3)8-4(6)7/h9-18,27-28,31-32H,5-8,19-26H2,1-4H3;1-3H3,(H2,6,7). The minimum absolute atomic E-state index is 0.0921. The van der Waals surface area contributed by atoms with Crippen LogP contribution in [0, 0.1) is 0 Å². The van der Waals surface area contributed by atoms with E-state index in [0.717, 1.165) is 46.6 Å². The lowest BCUT2D eigenvalue weighted by atomic mass is 9.94. The van der Waals surface area contributed by atoms with Crippen LogP contribution in [0.5, 0.6) is 0 Å². The maximum atomic E-state index is 13.1. The van der Waals surface area contributed by atoms with Crippen LogP contribution in [-0.2, 0) is 43.0 Å². The van der Waals surface area contributed by atoms with Crippen LogP contribution in [0.2, 0.25) is 0 Å². The monoisotopic (exact) mass is 807 g/mol. The molecular weight excluding hydrogens is 746 g/mol. The van der Waals surface area contributed by atoms with Crippen LogP contribution in [0.4, 0.5) is 4.79 Å². The molecule has 2 aliphatic rings. The van der Waals surface area contributed by atoms with Gasteiger partial charge in [0.15, 0.2) is 13.5 Å². The molecule has 4 atom stereocenters. The first-order valence-corrected chi connectivity index (χ1v) is 20.0. The van der Waals surface area contributed by atoms with Gasteiger partial charge in [0.05, 0.1) is 38.0 Å². The van der Waals surface area contributed by atoms with Gasteiger partial charge in [-0.3, -0.25) is 38.6 Å². The molecule has 5 amide bonds. The number of primary amides is 1. The Balaban J connectivity index is 0.00000101. The van der Waals surface area contributed by atoms with Crippen molar-refractivity contribution in [3.05, 3.63) is 71.8 Å². The van der Waals surface area contributed by atoms with Gasteiger partial charge in [0, 0.05) is 12.1 Å². The molecule has 2 aliphatic heterocycles. The molecule has 0 aromatic heterocycles. The molecule has 0 aliphatic carbocycles. The second-order valence-electron chi connectivity index (χ2n) is 15.7. The molecule has 2 N–H and O–H groups in total. The molecule has 0 bridgehead atoms. The van der Waals surface area contributed by atoms with E-state index in [9.17, 15) is 33.6 Å². The fraction of sp³-hybridized carbons (Fsp3) is 0.558. The van der Waals surface area contributed by atoms with Crippen molar-refractivity contribution in [1.82, 2.24) is 19.6 Å². The molecule has 2 fully saturated rings. The Kier molecular flexibility index (Phi) is 18.5. The lowest BCUT2D eigenvalue weighted by Gasteiger charge is -2.43. The van der Waals surface area contributed by atoms with E-state index in [1.165, 1.54) is 0 Å². The van der Waals surface area contributed by atoms with Gasteiger partial charge < -0.3 is 19.9 Å². The maximum absolute atomic E-state index is 13.1. The second kappa shape index (κ2) is 22.7. The molecule has 2 aromatic carbocycles. The number of unbranched alkanes of at least 4 members (excludes halogenated alkanes) is 2. The fourth-order valence-corrected chi connectivity index (χ4v) is 6.69. The number of rotatable bonds is 17. The number of hydrogen-bond acceptors (Lipinski definition) is 12. The van der Waals surface area contributed by atoms with Gasteiger partial charge in [-0.1, -0.05) is 100 Å². The Hall–Kier alpha value is -5.15. The quantitative estimate of drug-likeness (QED) is 0.129. The largest absolute Gasteiger partial charge is 0.444 e. The van der Waals surface area contributed by atoms with Gasteiger partial charge in [0.1, 0.15) is 5.60 Å². The van der Waals surface area contributed by atoms with E-state index in [4.69, 9.17) is 15.2 Å². The van der Waals surface area contributed by atoms with E-state index < -0.39 is 72.6 Å². The molecule has 4 rings (SSSR count). The summed E-state index contributed by atoms with van der Waals surface area (Å²) in [7, 11) is 0. The van der Waals surface area contributed by atoms with E-state index in [0.29, 0.717) is 12.8 Å². The Bertz CT molecular complexity index is 1550. The molecule has 2 aromatic rings. The molecule has 15 heteroatoms. The number of piperazine rings is 2. The van der Waals surface area contributed by atoms with Crippen molar-refractivity contribution in [3.8, 4) is 0 Å². The molecule has 15 nitrogen and oxygen atoms in total. The summed E-state index contributed by atoms with van der Waals surface area (Å²) in [6, 6.07) is 17.9. The number of carbonyl (C=O) groups excluding carboxylic acids is 7. The lowest BCUT2D eigenvalue weighted by Crippen LogP contribution is -2.63. The third-order valence-electron chi connectivity index (χ3n) is 10.2. The number of ether oxygens (including phenoxy) is 3. The van der Waals surface area contributed by atoms with Crippen LogP contribution in [0.1, 0.15) is 110 Å². The summed E-state index contributed by atoms with van der Waals surface area (Å²) in [5, 5.41) is 0. The van der Waals surface area contributed by atoms with E-state index in [-0.39, 0.29) is 38.3 Å². The molecule has 0 saturated carbocycles. The zero-order chi connectivity index (χ0) is 43.0. The number of benzene rings is 2. The van der Waals surface area contributed by atoms with E-state index >= 15 is 0 Å². The van der Waals surface area contributed by atoms with Crippen molar-refractivity contribution in [2.24, 2.45) is 5.73 Å². The Morgan fingerprint density at radius 3 is 1.21 bits per heavy atom. The van der Waals surface area contributed by atoms with Gasteiger partial charge in [-0.05, 0) is 58.6 Å². The highest BCUT2D eigenvalue weighted by Gasteiger charge is 2.40. The number of amides is 5. The number of carbonyl (C=O) groups is 7. The number of hydrogen-bond donors (Lipinski definition) is 1. The highest BCUT2D eigenvalue weighted by atomic mass is 16.6. The molecule has 2 saturated heterocycles. The van der Waals surface area contributed by atoms with Crippen molar-refractivity contribution in [3.63, 3.8) is 0 Å². The number of nitrogens with zero attached hydrogens (tertiary/aromatic N) is 4. The van der Waals surface area contributed by atoms with Gasteiger partial charge in [0.25, 0.3) is 0 Å². The average Bonchev–Trinajstić information content (AvgIpc) is 3.17. The SMILES string of the molecule is CC(C)(C)OC(N)=O.CCCCC(C(=O)OCN1C(=O)CN(C(C)C(C)N2CC(=O)N(COC(=O)C(CCCC)c3ccccc3)C(=O)C2)CC1=O)c1ccccc1. The summed E-state index contributed by atoms with van der Waals surface area (Å²) < 4.78 is 15.6. The smallest absolute Gasteiger partial charge is 0.405 e. The number of imide groups is 2. The summed E-state index contributed by atoms with van der Waals surface area (Å²) in [5.41, 5.74) is 5.92. The Labute approximate surface area is 342 Å². The molecule has 0 spiro atoms. The topological polar surface area (TPSA) is 186 Å². The minimum atomic E-state index is -0.725. The van der Waals surface area contributed by atoms with Crippen LogP contribution >= 0.6 is 0 Å². The zero-order valence-corrected chi connectivity index (χ0v) is 35.0. The molecule has 2 heterocycles. The summed E-state index contributed by atoms with van der Waals surface area (Å²) in [6.07, 6.45) is 3.95. The summed E-state index contributed by atoms with van der Waals surface area (Å²) in [4.78, 5) is 93.9. The van der Waals surface area contributed by atoms with Gasteiger partial charge in [-0.25, -0.2) is 14.6 Å². The van der Waals surface area contributed by atoms with Crippen LogP contribution in [0.15, 0.2) is 60.7 Å². The van der Waals surface area contributed by atoms with Gasteiger partial charge in [0.2, 0.25) is 23.6 Å². The zero-order valence-electron chi connectivity index (χ0n) is 35.0. The Morgan fingerprint density at radius 1 is 0.621 bits per heavy atom. The predicted molar refractivity (Wildman–Crippen MR) is 216 cm³/mol. The predicted octanol–water partition coefficient (Wildman–Crippen LogP) is 4.93. The van der Waals surface area contributed by atoms with Gasteiger partial charge in [-0.2, -0.15) is 0 Å². The third kappa shape index (κ3) is 14.3. The van der Waals surface area contributed by atoms with Gasteiger partial charge in [-0.15, -0.1) is 0 Å². The van der Waals surface area contributed by atoms with E-state index in [1.807, 2.05) is 88.4 Å². The normalized spacial score (nSPS) is 17.4.